The smallest absolute Gasteiger partial charge is 0.0195 e. The summed E-state index contributed by atoms with van der Waals surface area (Å²) in [4.78, 5) is 0. The third kappa shape index (κ3) is 3.37. The third-order valence-corrected chi connectivity index (χ3v) is 2.34. The Morgan fingerprint density at radius 1 is 1.75 bits per heavy atom. The lowest BCUT2D eigenvalue weighted by Crippen LogP contribution is -2.46. The summed E-state index contributed by atoms with van der Waals surface area (Å²) in [6.07, 6.45) is 5.66. The molecule has 0 aromatic heterocycles. The molecule has 1 aliphatic rings. The molecule has 0 radical (unpaired) electrons. The zero-order valence-corrected chi connectivity index (χ0v) is 7.97. The van der Waals surface area contributed by atoms with E-state index in [9.17, 15) is 0 Å². The van der Waals surface area contributed by atoms with Gasteiger partial charge in [-0.1, -0.05) is 6.08 Å². The van der Waals surface area contributed by atoms with Gasteiger partial charge >= 0.3 is 0 Å². The summed E-state index contributed by atoms with van der Waals surface area (Å²) in [6, 6.07) is 1.25. The van der Waals surface area contributed by atoms with E-state index in [2.05, 4.69) is 24.1 Å². The normalized spacial score (nSPS) is 26.6. The highest BCUT2D eigenvalue weighted by Crippen LogP contribution is 2.03. The maximum absolute atomic E-state index is 3.74. The van der Waals surface area contributed by atoms with Gasteiger partial charge in [-0.2, -0.15) is 0 Å². The molecule has 0 bridgehead atoms. The molecular weight excluding hydrogens is 148 g/mol. The van der Waals surface area contributed by atoms with E-state index < -0.39 is 0 Å². The molecule has 1 rings (SSSR count). The lowest BCUT2D eigenvalue weighted by atomic mass is 10.1. The number of rotatable bonds is 4. The maximum Gasteiger partial charge on any atom is 0.0195 e. The standard InChI is InChI=1S/C10H20N2/c1-3-5-9(2)12-10-6-4-7-11-8-10/h3,9-12H,1,4-8H2,2H3. The Kier molecular flexibility index (Phi) is 4.33. The lowest BCUT2D eigenvalue weighted by molar-refractivity contribution is 0.359. The van der Waals surface area contributed by atoms with Crippen molar-refractivity contribution < 1.29 is 0 Å². The van der Waals surface area contributed by atoms with E-state index in [4.69, 9.17) is 0 Å². The van der Waals surface area contributed by atoms with Crippen LogP contribution in [-0.4, -0.2) is 25.2 Å². The van der Waals surface area contributed by atoms with E-state index in [0.29, 0.717) is 12.1 Å². The van der Waals surface area contributed by atoms with Crippen LogP contribution in [-0.2, 0) is 0 Å². The Bertz CT molecular complexity index is 128. The van der Waals surface area contributed by atoms with Crippen molar-refractivity contribution in [2.24, 2.45) is 0 Å². The minimum atomic E-state index is 0.576. The summed E-state index contributed by atoms with van der Waals surface area (Å²) in [5.74, 6) is 0. The van der Waals surface area contributed by atoms with Gasteiger partial charge in [0.25, 0.3) is 0 Å². The highest BCUT2D eigenvalue weighted by molar-refractivity contribution is 4.81. The second kappa shape index (κ2) is 5.33. The number of piperidine rings is 1. The van der Waals surface area contributed by atoms with Crippen molar-refractivity contribution in [2.45, 2.75) is 38.3 Å². The van der Waals surface area contributed by atoms with E-state index >= 15 is 0 Å². The SMILES string of the molecule is C=CCC(C)NC1CCCNC1. The van der Waals surface area contributed by atoms with Gasteiger partial charge in [-0.15, -0.1) is 6.58 Å². The van der Waals surface area contributed by atoms with Crippen LogP contribution < -0.4 is 10.6 Å². The van der Waals surface area contributed by atoms with Crippen molar-refractivity contribution in [2.75, 3.05) is 13.1 Å². The highest BCUT2D eigenvalue weighted by atomic mass is 15.0. The summed E-state index contributed by atoms with van der Waals surface area (Å²) in [5.41, 5.74) is 0. The van der Waals surface area contributed by atoms with Crippen molar-refractivity contribution in [3.8, 4) is 0 Å². The molecule has 12 heavy (non-hydrogen) atoms. The van der Waals surface area contributed by atoms with Crippen LogP contribution in [0.25, 0.3) is 0 Å². The van der Waals surface area contributed by atoms with Crippen molar-refractivity contribution in [1.82, 2.24) is 10.6 Å². The molecule has 2 atom stereocenters. The Labute approximate surface area is 75.4 Å². The van der Waals surface area contributed by atoms with E-state index in [1.165, 1.54) is 19.4 Å². The Morgan fingerprint density at radius 2 is 2.58 bits per heavy atom. The average Bonchev–Trinajstić information content (AvgIpc) is 2.06. The van der Waals surface area contributed by atoms with Crippen molar-refractivity contribution in [3.63, 3.8) is 0 Å². The summed E-state index contributed by atoms with van der Waals surface area (Å²) in [6.45, 7) is 8.27. The molecular formula is C10H20N2. The first-order valence-electron chi connectivity index (χ1n) is 4.90. The average molecular weight is 168 g/mol. The number of nitrogens with one attached hydrogen (secondary N) is 2. The monoisotopic (exact) mass is 168 g/mol. The van der Waals surface area contributed by atoms with E-state index in [1.54, 1.807) is 0 Å². The number of hydrogen-bond donors (Lipinski definition) is 2. The lowest BCUT2D eigenvalue weighted by Gasteiger charge is -2.26. The van der Waals surface area contributed by atoms with Gasteiger partial charge in [0, 0.05) is 18.6 Å². The zero-order chi connectivity index (χ0) is 8.81. The third-order valence-electron chi connectivity index (χ3n) is 2.34. The quantitative estimate of drug-likeness (QED) is 0.618. The molecule has 1 aliphatic heterocycles. The van der Waals surface area contributed by atoms with Crippen LogP contribution in [0.3, 0.4) is 0 Å². The van der Waals surface area contributed by atoms with Gasteiger partial charge in [-0.25, -0.2) is 0 Å². The van der Waals surface area contributed by atoms with Crippen LogP contribution in [0.2, 0.25) is 0 Å². The predicted octanol–water partition coefficient (Wildman–Crippen LogP) is 1.29. The van der Waals surface area contributed by atoms with Crippen LogP contribution in [0, 0.1) is 0 Å². The molecule has 0 aliphatic carbocycles. The second-order valence-electron chi connectivity index (χ2n) is 3.64. The van der Waals surface area contributed by atoms with Gasteiger partial charge in [-0.05, 0) is 32.7 Å². The van der Waals surface area contributed by atoms with E-state index in [-0.39, 0.29) is 0 Å². The summed E-state index contributed by atoms with van der Waals surface area (Å²) in [5, 5.41) is 6.98. The molecule has 0 aromatic carbocycles. The molecule has 2 unspecified atom stereocenters. The molecule has 0 aromatic rings. The molecule has 2 nitrogen and oxygen atoms in total. The van der Waals surface area contributed by atoms with Gasteiger partial charge in [-0.3, -0.25) is 0 Å². The largest absolute Gasteiger partial charge is 0.315 e. The Hall–Kier alpha value is -0.340. The minimum absolute atomic E-state index is 0.576. The molecule has 1 fully saturated rings. The van der Waals surface area contributed by atoms with Gasteiger partial charge < -0.3 is 10.6 Å². The highest BCUT2D eigenvalue weighted by Gasteiger charge is 2.13. The van der Waals surface area contributed by atoms with Crippen LogP contribution in [0.15, 0.2) is 12.7 Å². The first-order valence-corrected chi connectivity index (χ1v) is 4.90. The zero-order valence-electron chi connectivity index (χ0n) is 7.97. The van der Waals surface area contributed by atoms with Crippen LogP contribution >= 0.6 is 0 Å². The fraction of sp³-hybridized carbons (Fsp3) is 0.800. The van der Waals surface area contributed by atoms with Gasteiger partial charge in [0.15, 0.2) is 0 Å². The first kappa shape index (κ1) is 9.75. The first-order chi connectivity index (χ1) is 5.83. The molecule has 1 saturated heterocycles. The summed E-state index contributed by atoms with van der Waals surface area (Å²) >= 11 is 0. The van der Waals surface area contributed by atoms with E-state index in [1.807, 2.05) is 6.08 Å². The second-order valence-corrected chi connectivity index (χ2v) is 3.64. The van der Waals surface area contributed by atoms with Gasteiger partial charge in [0.1, 0.15) is 0 Å². The fourth-order valence-electron chi connectivity index (χ4n) is 1.71. The van der Waals surface area contributed by atoms with Gasteiger partial charge in [0.2, 0.25) is 0 Å². The maximum atomic E-state index is 3.74. The Balaban J connectivity index is 2.15. The van der Waals surface area contributed by atoms with Gasteiger partial charge in [0.05, 0.1) is 0 Å². The minimum Gasteiger partial charge on any atom is -0.315 e. The molecule has 0 saturated carbocycles. The number of hydrogen-bond acceptors (Lipinski definition) is 2. The van der Waals surface area contributed by atoms with Crippen LogP contribution in [0.1, 0.15) is 26.2 Å². The molecule has 2 heteroatoms. The summed E-state index contributed by atoms with van der Waals surface area (Å²) in [7, 11) is 0. The molecule has 2 N–H and O–H groups in total. The van der Waals surface area contributed by atoms with Crippen molar-refractivity contribution in [3.05, 3.63) is 12.7 Å². The molecule has 1 heterocycles. The molecule has 0 spiro atoms. The van der Waals surface area contributed by atoms with Crippen molar-refractivity contribution >= 4 is 0 Å². The Morgan fingerprint density at radius 3 is 3.17 bits per heavy atom. The fourth-order valence-corrected chi connectivity index (χ4v) is 1.71. The molecule has 70 valence electrons. The van der Waals surface area contributed by atoms with Crippen LogP contribution in [0.4, 0.5) is 0 Å². The van der Waals surface area contributed by atoms with Crippen molar-refractivity contribution in [1.29, 1.82) is 0 Å². The topological polar surface area (TPSA) is 24.1 Å². The predicted molar refractivity (Wildman–Crippen MR) is 53.3 cm³/mol. The van der Waals surface area contributed by atoms with Crippen LogP contribution in [0.5, 0.6) is 0 Å². The van der Waals surface area contributed by atoms with E-state index in [0.717, 1.165) is 13.0 Å². The summed E-state index contributed by atoms with van der Waals surface area (Å²) < 4.78 is 0. The molecule has 0 amide bonds.